The van der Waals surface area contributed by atoms with E-state index in [0.717, 1.165) is 22.2 Å². The van der Waals surface area contributed by atoms with Crippen molar-refractivity contribution in [1.82, 2.24) is 9.88 Å². The van der Waals surface area contributed by atoms with Gasteiger partial charge in [0.15, 0.2) is 5.13 Å². The summed E-state index contributed by atoms with van der Waals surface area (Å²) in [6, 6.07) is 5.95. The van der Waals surface area contributed by atoms with E-state index in [-0.39, 0.29) is 54.4 Å². The zero-order valence-electron chi connectivity index (χ0n) is 14.8. The zero-order valence-corrected chi connectivity index (χ0v) is 15.7. The van der Waals surface area contributed by atoms with E-state index in [0.29, 0.717) is 5.13 Å². The third-order valence-corrected chi connectivity index (χ3v) is 6.85. The predicted molar refractivity (Wildman–Crippen MR) is 102 cm³/mol. The van der Waals surface area contributed by atoms with Crippen LogP contribution in [-0.2, 0) is 14.4 Å². The highest BCUT2D eigenvalue weighted by molar-refractivity contribution is 7.22. The Kier molecular flexibility index (Phi) is 3.69. The van der Waals surface area contributed by atoms with Gasteiger partial charge >= 0.3 is 0 Å². The van der Waals surface area contributed by atoms with Gasteiger partial charge in [-0.3, -0.25) is 19.3 Å². The normalized spacial score (nSPS) is 28.4. The number of allylic oxidation sites excluding steroid dienone is 2. The molecule has 1 aliphatic heterocycles. The Morgan fingerprint density at radius 3 is 2.63 bits per heavy atom. The van der Waals surface area contributed by atoms with Crippen LogP contribution in [0.25, 0.3) is 10.2 Å². The molecule has 2 fully saturated rings. The summed E-state index contributed by atoms with van der Waals surface area (Å²) in [6.07, 6.45) is 5.15. The topological polar surface area (TPSA) is 79.4 Å². The molecule has 0 unspecified atom stereocenters. The van der Waals surface area contributed by atoms with Crippen LogP contribution in [0, 0.1) is 30.6 Å². The molecule has 1 N–H and O–H groups in total. The molecular formula is C20H19N3O3S. The van der Waals surface area contributed by atoms with Crippen LogP contribution in [0.1, 0.15) is 18.4 Å². The first-order chi connectivity index (χ1) is 13.0. The number of carbonyl (C=O) groups is 3. The van der Waals surface area contributed by atoms with Crippen molar-refractivity contribution in [2.45, 2.75) is 19.8 Å². The first kappa shape index (κ1) is 16.6. The van der Waals surface area contributed by atoms with Crippen LogP contribution in [0.5, 0.6) is 0 Å². The van der Waals surface area contributed by atoms with E-state index in [2.05, 4.69) is 22.5 Å². The van der Waals surface area contributed by atoms with Crippen molar-refractivity contribution < 1.29 is 14.4 Å². The van der Waals surface area contributed by atoms with Crippen LogP contribution < -0.4 is 5.32 Å². The van der Waals surface area contributed by atoms with Gasteiger partial charge in [-0.2, -0.15) is 0 Å². The van der Waals surface area contributed by atoms with E-state index in [1.54, 1.807) is 0 Å². The van der Waals surface area contributed by atoms with E-state index in [1.807, 2.05) is 25.1 Å². The summed E-state index contributed by atoms with van der Waals surface area (Å²) in [5.41, 5.74) is 1.99. The van der Waals surface area contributed by atoms with Crippen LogP contribution in [0.3, 0.4) is 0 Å². The molecule has 138 valence electrons. The van der Waals surface area contributed by atoms with Gasteiger partial charge in [-0.25, -0.2) is 4.98 Å². The molecule has 2 aliphatic carbocycles. The van der Waals surface area contributed by atoms with Crippen LogP contribution >= 0.6 is 11.3 Å². The summed E-state index contributed by atoms with van der Waals surface area (Å²) < 4.78 is 1.02. The number of rotatable bonds is 4. The molecule has 3 amide bonds. The van der Waals surface area contributed by atoms with Gasteiger partial charge in [0.1, 0.15) is 0 Å². The minimum absolute atomic E-state index is 0.0919. The number of imide groups is 1. The number of carbonyl (C=O) groups excluding carboxylic acids is 3. The number of thiazole rings is 1. The Hall–Kier alpha value is -2.54. The molecule has 2 heterocycles. The highest BCUT2D eigenvalue weighted by atomic mass is 32.1. The van der Waals surface area contributed by atoms with Crippen molar-refractivity contribution in [3.63, 3.8) is 0 Å². The lowest BCUT2D eigenvalue weighted by Gasteiger charge is -2.16. The maximum absolute atomic E-state index is 12.6. The second-order valence-corrected chi connectivity index (χ2v) is 8.65. The second-order valence-electron chi connectivity index (χ2n) is 7.62. The Labute approximate surface area is 160 Å². The number of anilines is 1. The Morgan fingerprint density at radius 1 is 1.22 bits per heavy atom. The van der Waals surface area contributed by atoms with Gasteiger partial charge in [-0.05, 0) is 42.9 Å². The maximum atomic E-state index is 12.6. The molecule has 0 spiro atoms. The van der Waals surface area contributed by atoms with Crippen molar-refractivity contribution in [3.05, 3.63) is 35.9 Å². The van der Waals surface area contributed by atoms with Gasteiger partial charge in [0.2, 0.25) is 17.7 Å². The van der Waals surface area contributed by atoms with Gasteiger partial charge in [-0.15, -0.1) is 0 Å². The molecule has 1 aromatic carbocycles. The predicted octanol–water partition coefficient (Wildman–Crippen LogP) is 2.74. The number of nitrogens with zero attached hydrogens (tertiary/aromatic N) is 2. The molecule has 1 saturated heterocycles. The quantitative estimate of drug-likeness (QED) is 0.652. The van der Waals surface area contributed by atoms with Gasteiger partial charge < -0.3 is 5.32 Å². The maximum Gasteiger partial charge on any atom is 0.233 e. The summed E-state index contributed by atoms with van der Waals surface area (Å²) in [6.45, 7) is 2.15. The first-order valence-electron chi connectivity index (χ1n) is 9.22. The van der Waals surface area contributed by atoms with Crippen LogP contribution in [0.2, 0.25) is 0 Å². The number of fused-ring (bicyclic) bond motifs is 6. The van der Waals surface area contributed by atoms with E-state index in [1.165, 1.54) is 16.2 Å². The van der Waals surface area contributed by atoms with Crippen molar-refractivity contribution in [1.29, 1.82) is 0 Å². The molecule has 3 aliphatic rings. The Balaban J connectivity index is 1.23. The van der Waals surface area contributed by atoms with E-state index >= 15 is 0 Å². The summed E-state index contributed by atoms with van der Waals surface area (Å²) >= 11 is 1.42. The number of nitrogens with one attached hydrogen (secondary N) is 1. The second kappa shape index (κ2) is 5.99. The fourth-order valence-corrected chi connectivity index (χ4v) is 5.65. The monoisotopic (exact) mass is 381 g/mol. The molecule has 4 atom stereocenters. The molecule has 2 aromatic rings. The third kappa shape index (κ3) is 2.60. The molecule has 2 bridgehead atoms. The minimum atomic E-state index is -0.232. The fraction of sp³-hybridized carbons (Fsp3) is 0.400. The molecule has 1 aromatic heterocycles. The lowest BCUT2D eigenvalue weighted by Crippen LogP contribution is -2.35. The number of benzene rings is 1. The molecule has 6 nitrogen and oxygen atoms in total. The SMILES string of the molecule is Cc1ccc2nc(NC(=O)CCN3C(=O)[C@@H]4[C@H](C3=O)[C@H]3C=C[C@H]4C3)sc2c1. The van der Waals surface area contributed by atoms with E-state index in [4.69, 9.17) is 0 Å². The van der Waals surface area contributed by atoms with Crippen molar-refractivity contribution in [2.75, 3.05) is 11.9 Å². The first-order valence-corrected chi connectivity index (χ1v) is 10.0. The number of aryl methyl sites for hydroxylation is 1. The van der Waals surface area contributed by atoms with E-state index in [9.17, 15) is 14.4 Å². The molecule has 27 heavy (non-hydrogen) atoms. The van der Waals surface area contributed by atoms with Crippen LogP contribution in [0.4, 0.5) is 5.13 Å². The molecule has 0 radical (unpaired) electrons. The van der Waals surface area contributed by atoms with Crippen LogP contribution in [0.15, 0.2) is 30.4 Å². The Bertz CT molecular complexity index is 981. The number of amides is 3. The molecule has 5 rings (SSSR count). The average molecular weight is 381 g/mol. The molecule has 7 heteroatoms. The largest absolute Gasteiger partial charge is 0.302 e. The molecular weight excluding hydrogens is 362 g/mol. The zero-order chi connectivity index (χ0) is 18.7. The van der Waals surface area contributed by atoms with Gasteiger partial charge in [0, 0.05) is 13.0 Å². The van der Waals surface area contributed by atoms with Crippen LogP contribution in [-0.4, -0.2) is 34.2 Å². The standard InChI is InChI=1S/C20H19N3O3S/c1-10-2-5-13-14(8-10)27-20(21-13)22-15(24)6-7-23-18(25)16-11-3-4-12(9-11)17(16)19(23)26/h2-5,8,11-12,16-17H,6-7,9H2,1H3,(H,21,22,24)/t11-,12-,16-,17+/m0/s1. The van der Waals surface area contributed by atoms with E-state index < -0.39 is 0 Å². The van der Waals surface area contributed by atoms with Crippen molar-refractivity contribution in [3.8, 4) is 0 Å². The number of aromatic nitrogens is 1. The highest BCUT2D eigenvalue weighted by Gasteiger charge is 2.58. The summed E-state index contributed by atoms with van der Waals surface area (Å²) in [4.78, 5) is 43.3. The smallest absolute Gasteiger partial charge is 0.233 e. The average Bonchev–Trinajstić information content (AvgIpc) is 3.37. The summed E-state index contributed by atoms with van der Waals surface area (Å²) in [5.74, 6) is -0.464. The Morgan fingerprint density at radius 2 is 1.93 bits per heavy atom. The third-order valence-electron chi connectivity index (χ3n) is 5.91. The minimum Gasteiger partial charge on any atom is -0.302 e. The fourth-order valence-electron chi connectivity index (χ4n) is 4.66. The molecule has 1 saturated carbocycles. The number of likely N-dealkylation sites (tertiary alicyclic amines) is 1. The lowest BCUT2D eigenvalue weighted by molar-refractivity contribution is -0.140. The summed E-state index contributed by atoms with van der Waals surface area (Å²) in [7, 11) is 0. The van der Waals surface area contributed by atoms with Crippen molar-refractivity contribution in [2.24, 2.45) is 23.7 Å². The van der Waals surface area contributed by atoms with Gasteiger partial charge in [0.25, 0.3) is 0 Å². The summed E-state index contributed by atoms with van der Waals surface area (Å²) in [5, 5.41) is 3.33. The van der Waals surface area contributed by atoms with Gasteiger partial charge in [0.05, 0.1) is 22.1 Å². The van der Waals surface area contributed by atoms with Crippen molar-refractivity contribution >= 4 is 44.4 Å². The highest BCUT2D eigenvalue weighted by Crippen LogP contribution is 2.52. The lowest BCUT2D eigenvalue weighted by atomic mass is 9.85. The number of hydrogen-bond donors (Lipinski definition) is 1. The van der Waals surface area contributed by atoms with Gasteiger partial charge in [-0.1, -0.05) is 29.6 Å². The number of hydrogen-bond acceptors (Lipinski definition) is 5.